The molecule has 3 aromatic heterocycles. The maximum absolute atomic E-state index is 4.58. The van der Waals surface area contributed by atoms with Gasteiger partial charge in [0.15, 0.2) is 0 Å². The van der Waals surface area contributed by atoms with Crippen LogP contribution in [0.2, 0.25) is 0 Å². The Balaban J connectivity index is 1.46. The van der Waals surface area contributed by atoms with E-state index in [1.807, 2.05) is 41.0 Å². The molecule has 4 rings (SSSR count). The maximum atomic E-state index is 4.58. The largest absolute Gasteiger partial charge is 0.370 e. The lowest BCUT2D eigenvalue weighted by atomic mass is 10.1. The highest BCUT2D eigenvalue weighted by molar-refractivity contribution is 5.65. The van der Waals surface area contributed by atoms with Crippen molar-refractivity contribution in [1.82, 2.24) is 34.3 Å². The molecular formula is C17H18N8. The average molecular weight is 334 g/mol. The number of hydrogen-bond acceptors (Lipinski definition) is 6. The van der Waals surface area contributed by atoms with Crippen LogP contribution >= 0.6 is 0 Å². The van der Waals surface area contributed by atoms with Crippen LogP contribution in [0.25, 0.3) is 17.0 Å². The summed E-state index contributed by atoms with van der Waals surface area (Å²) in [4.78, 5) is 8.80. The molecule has 0 atom stereocenters. The zero-order valence-corrected chi connectivity index (χ0v) is 13.7. The first kappa shape index (κ1) is 15.3. The minimum absolute atomic E-state index is 0.591. The van der Waals surface area contributed by atoms with Crippen molar-refractivity contribution in [3.05, 3.63) is 55.4 Å². The van der Waals surface area contributed by atoms with Gasteiger partial charge < -0.3 is 9.88 Å². The summed E-state index contributed by atoms with van der Waals surface area (Å²) in [6, 6.07) is 12.1. The molecule has 0 fully saturated rings. The molecule has 0 bridgehead atoms. The highest BCUT2D eigenvalue weighted by atomic mass is 15.3. The van der Waals surface area contributed by atoms with Crippen LogP contribution in [-0.4, -0.2) is 40.9 Å². The number of rotatable bonds is 7. The lowest BCUT2D eigenvalue weighted by Gasteiger charge is -2.10. The van der Waals surface area contributed by atoms with Crippen molar-refractivity contribution in [2.75, 3.05) is 11.9 Å². The summed E-state index contributed by atoms with van der Waals surface area (Å²) in [5.41, 5.74) is 1.94. The normalized spacial score (nSPS) is 11.0. The quantitative estimate of drug-likeness (QED) is 0.522. The Hall–Kier alpha value is -3.29. The summed E-state index contributed by atoms with van der Waals surface area (Å²) in [5.74, 6) is 1.49. The van der Waals surface area contributed by atoms with Crippen molar-refractivity contribution in [2.24, 2.45) is 0 Å². The van der Waals surface area contributed by atoms with E-state index >= 15 is 0 Å². The maximum Gasteiger partial charge on any atom is 0.254 e. The standard InChI is InChI=1S/C17H18N8/c1-2-6-14(7-3-1)15-10-16(25-17(23-15)19-11-22-25)18-8-4-5-9-24-12-20-21-13-24/h1-3,6-7,10-13,18H,4-5,8-9H2. The summed E-state index contributed by atoms with van der Waals surface area (Å²) in [6.07, 6.45) is 7.07. The SMILES string of the molecule is c1ccc(-c2cc(NCCCCn3cnnc3)n3ncnc3n2)cc1. The van der Waals surface area contributed by atoms with E-state index in [1.165, 1.54) is 6.33 Å². The minimum Gasteiger partial charge on any atom is -0.370 e. The first-order valence-corrected chi connectivity index (χ1v) is 8.23. The van der Waals surface area contributed by atoms with Gasteiger partial charge in [-0.25, -0.2) is 4.98 Å². The summed E-state index contributed by atoms with van der Waals surface area (Å²) in [5, 5.41) is 15.3. The second-order valence-corrected chi connectivity index (χ2v) is 5.70. The van der Waals surface area contributed by atoms with Gasteiger partial charge in [0.2, 0.25) is 0 Å². The molecular weight excluding hydrogens is 316 g/mol. The third-order valence-corrected chi connectivity index (χ3v) is 3.94. The Labute approximate surface area is 144 Å². The van der Waals surface area contributed by atoms with E-state index in [-0.39, 0.29) is 0 Å². The van der Waals surface area contributed by atoms with E-state index in [1.54, 1.807) is 17.2 Å². The number of nitrogens with one attached hydrogen (secondary N) is 1. The minimum atomic E-state index is 0.591. The Morgan fingerprint density at radius 2 is 1.84 bits per heavy atom. The molecule has 0 aliphatic heterocycles. The van der Waals surface area contributed by atoms with Gasteiger partial charge in [0, 0.05) is 24.7 Å². The first-order chi connectivity index (χ1) is 12.4. The highest BCUT2D eigenvalue weighted by Gasteiger charge is 2.08. The van der Waals surface area contributed by atoms with Crippen LogP contribution < -0.4 is 5.32 Å². The Morgan fingerprint density at radius 3 is 2.68 bits per heavy atom. The van der Waals surface area contributed by atoms with Gasteiger partial charge in [-0.15, -0.1) is 10.2 Å². The lowest BCUT2D eigenvalue weighted by Crippen LogP contribution is -2.09. The molecule has 4 aromatic rings. The average Bonchev–Trinajstić information content (AvgIpc) is 3.33. The van der Waals surface area contributed by atoms with E-state index in [9.17, 15) is 0 Å². The number of fused-ring (bicyclic) bond motifs is 1. The molecule has 3 heterocycles. The van der Waals surface area contributed by atoms with Crippen molar-refractivity contribution in [3.8, 4) is 11.3 Å². The second-order valence-electron chi connectivity index (χ2n) is 5.70. The number of hydrogen-bond donors (Lipinski definition) is 1. The molecule has 1 aromatic carbocycles. The van der Waals surface area contributed by atoms with E-state index in [0.29, 0.717) is 5.78 Å². The van der Waals surface area contributed by atoms with Gasteiger partial charge in [-0.05, 0) is 12.8 Å². The van der Waals surface area contributed by atoms with Crippen LogP contribution in [0.15, 0.2) is 55.4 Å². The molecule has 0 saturated heterocycles. The van der Waals surface area contributed by atoms with Crippen molar-refractivity contribution < 1.29 is 0 Å². The number of benzene rings is 1. The van der Waals surface area contributed by atoms with Crippen LogP contribution in [0.3, 0.4) is 0 Å². The zero-order chi connectivity index (χ0) is 16.9. The number of aromatic nitrogens is 7. The van der Waals surface area contributed by atoms with E-state index in [4.69, 9.17) is 0 Å². The van der Waals surface area contributed by atoms with Gasteiger partial charge in [-0.2, -0.15) is 14.6 Å². The summed E-state index contributed by atoms with van der Waals surface area (Å²) in [6.45, 7) is 1.76. The molecule has 0 aliphatic rings. The van der Waals surface area contributed by atoms with Gasteiger partial charge in [0.1, 0.15) is 24.8 Å². The molecule has 1 N–H and O–H groups in total. The van der Waals surface area contributed by atoms with Gasteiger partial charge >= 0.3 is 0 Å². The predicted octanol–water partition coefficient (Wildman–Crippen LogP) is 2.28. The van der Waals surface area contributed by atoms with Gasteiger partial charge in [-0.3, -0.25) is 0 Å². The number of nitrogens with zero attached hydrogens (tertiary/aromatic N) is 7. The van der Waals surface area contributed by atoms with Gasteiger partial charge in [0.05, 0.1) is 5.69 Å². The molecule has 0 saturated carbocycles. The van der Waals surface area contributed by atoms with Crippen molar-refractivity contribution in [2.45, 2.75) is 19.4 Å². The zero-order valence-electron chi connectivity index (χ0n) is 13.7. The molecule has 0 unspecified atom stereocenters. The third-order valence-electron chi connectivity index (χ3n) is 3.94. The topological polar surface area (TPSA) is 85.8 Å². The molecule has 8 nitrogen and oxygen atoms in total. The fourth-order valence-electron chi connectivity index (χ4n) is 2.67. The monoisotopic (exact) mass is 334 g/mol. The fraction of sp³-hybridized carbons (Fsp3) is 0.235. The van der Waals surface area contributed by atoms with Crippen molar-refractivity contribution in [3.63, 3.8) is 0 Å². The Bertz CT molecular complexity index is 930. The highest BCUT2D eigenvalue weighted by Crippen LogP contribution is 2.21. The number of aryl methyl sites for hydroxylation is 1. The second kappa shape index (κ2) is 7.08. The number of unbranched alkanes of at least 4 members (excludes halogenated alkanes) is 1. The lowest BCUT2D eigenvalue weighted by molar-refractivity contribution is 0.618. The third kappa shape index (κ3) is 3.47. The van der Waals surface area contributed by atoms with Crippen LogP contribution in [0, 0.1) is 0 Å². The smallest absolute Gasteiger partial charge is 0.254 e. The van der Waals surface area contributed by atoms with E-state index < -0.39 is 0 Å². The predicted molar refractivity (Wildman–Crippen MR) is 94.0 cm³/mol. The van der Waals surface area contributed by atoms with E-state index in [2.05, 4.69) is 30.6 Å². The van der Waals surface area contributed by atoms with Gasteiger partial charge in [0.25, 0.3) is 5.78 Å². The molecule has 0 aliphatic carbocycles. The summed E-state index contributed by atoms with van der Waals surface area (Å²) < 4.78 is 3.71. The Morgan fingerprint density at radius 1 is 1.00 bits per heavy atom. The number of anilines is 1. The Kier molecular flexibility index (Phi) is 4.32. The summed E-state index contributed by atoms with van der Waals surface area (Å²) >= 11 is 0. The van der Waals surface area contributed by atoms with Crippen LogP contribution in [0.5, 0.6) is 0 Å². The molecule has 0 amide bonds. The summed E-state index contributed by atoms with van der Waals surface area (Å²) in [7, 11) is 0. The fourth-order valence-corrected chi connectivity index (χ4v) is 2.67. The molecule has 8 heteroatoms. The molecule has 0 spiro atoms. The van der Waals surface area contributed by atoms with Crippen molar-refractivity contribution >= 4 is 11.6 Å². The molecule has 25 heavy (non-hydrogen) atoms. The molecule has 126 valence electrons. The first-order valence-electron chi connectivity index (χ1n) is 8.23. The van der Waals surface area contributed by atoms with E-state index in [0.717, 1.165) is 43.0 Å². The van der Waals surface area contributed by atoms with Crippen LogP contribution in [0.4, 0.5) is 5.82 Å². The van der Waals surface area contributed by atoms with Crippen molar-refractivity contribution in [1.29, 1.82) is 0 Å². The van der Waals surface area contributed by atoms with Gasteiger partial charge in [-0.1, -0.05) is 30.3 Å². The molecule has 0 radical (unpaired) electrons. The van der Waals surface area contributed by atoms with Crippen LogP contribution in [-0.2, 0) is 6.54 Å². The van der Waals surface area contributed by atoms with Crippen LogP contribution in [0.1, 0.15) is 12.8 Å².